The molecule has 8 nitrogen and oxygen atoms in total. The van der Waals surface area contributed by atoms with E-state index in [-0.39, 0.29) is 46.5 Å². The van der Waals surface area contributed by atoms with Gasteiger partial charge in [-0.1, -0.05) is 18.2 Å². The Labute approximate surface area is 235 Å². The van der Waals surface area contributed by atoms with Crippen LogP contribution in [0.25, 0.3) is 22.0 Å². The lowest BCUT2D eigenvalue weighted by Gasteiger charge is -2.41. The quantitative estimate of drug-likeness (QED) is 0.414. The van der Waals surface area contributed by atoms with E-state index in [1.54, 1.807) is 15.5 Å². The van der Waals surface area contributed by atoms with Gasteiger partial charge in [0.1, 0.15) is 24.1 Å². The monoisotopic (exact) mass is 569 g/mol. The van der Waals surface area contributed by atoms with Crippen LogP contribution in [0.1, 0.15) is 25.8 Å². The van der Waals surface area contributed by atoms with Gasteiger partial charge in [0.05, 0.1) is 16.6 Å². The summed E-state index contributed by atoms with van der Waals surface area (Å²) in [5.41, 5.74) is 0.428. The molecule has 2 aromatic carbocycles. The third kappa shape index (κ3) is 4.53. The van der Waals surface area contributed by atoms with E-state index in [0.29, 0.717) is 42.8 Å². The van der Waals surface area contributed by atoms with Crippen molar-refractivity contribution in [2.75, 3.05) is 50.8 Å². The van der Waals surface area contributed by atoms with Crippen molar-refractivity contribution < 1.29 is 18.3 Å². The van der Waals surface area contributed by atoms with Crippen LogP contribution in [0.3, 0.4) is 0 Å². The maximum Gasteiger partial charge on any atom is 0.350 e. The van der Waals surface area contributed by atoms with E-state index in [9.17, 15) is 14.0 Å². The Morgan fingerprint density at radius 3 is 2.70 bits per heavy atom. The molecule has 6 rings (SSSR count). The number of anilines is 1. The van der Waals surface area contributed by atoms with Crippen LogP contribution >= 0.6 is 11.6 Å². The summed E-state index contributed by atoms with van der Waals surface area (Å²) in [7, 11) is 0. The van der Waals surface area contributed by atoms with Crippen LogP contribution in [-0.2, 0) is 4.79 Å². The lowest BCUT2D eigenvalue weighted by atomic mass is 9.99. The summed E-state index contributed by atoms with van der Waals surface area (Å²) in [4.78, 5) is 36.6. The van der Waals surface area contributed by atoms with Gasteiger partial charge in [-0.25, -0.2) is 13.6 Å². The summed E-state index contributed by atoms with van der Waals surface area (Å²) in [5.74, 6) is -0.909. The number of halogens is 3. The minimum atomic E-state index is -0.777. The van der Waals surface area contributed by atoms with Crippen molar-refractivity contribution in [1.82, 2.24) is 19.4 Å². The molecule has 3 aliphatic rings. The Kier molecular flexibility index (Phi) is 7.00. The van der Waals surface area contributed by atoms with Crippen molar-refractivity contribution >= 4 is 34.2 Å². The fourth-order valence-corrected chi connectivity index (χ4v) is 6.27. The highest BCUT2D eigenvalue weighted by Gasteiger charge is 2.34. The van der Waals surface area contributed by atoms with E-state index in [0.717, 1.165) is 25.7 Å². The van der Waals surface area contributed by atoms with Crippen molar-refractivity contribution in [3.05, 3.63) is 64.1 Å². The first-order valence-corrected chi connectivity index (χ1v) is 13.9. The average molecular weight is 570 g/mol. The molecule has 2 atom stereocenters. The largest absolute Gasteiger partial charge is 0.488 e. The molecular weight excluding hydrogens is 540 g/mol. The standard InChI is InChI=1S/C29H30ClF2N5O3/c1-3-24(38)35-11-12-36(17(2)15-35)28-21-14-22(30)25(20-6-5-18(31)13-23(20)32)27-26(21)37(29(39)33-28)19(16-40-27)7-10-34-8-4-9-34/h3,5-6,13-14,17,19H,1,4,7-12,15-16H2,2H3. The molecule has 0 bridgehead atoms. The third-order valence-corrected chi connectivity index (χ3v) is 8.49. The highest BCUT2D eigenvalue weighted by molar-refractivity contribution is 6.35. The van der Waals surface area contributed by atoms with Crippen molar-refractivity contribution in [3.63, 3.8) is 0 Å². The molecule has 3 aromatic rings. The summed E-state index contributed by atoms with van der Waals surface area (Å²) in [5, 5.41) is 0.809. The number of hydrogen-bond donors (Lipinski definition) is 0. The fraction of sp³-hybridized carbons (Fsp3) is 0.414. The number of likely N-dealkylation sites (tertiary alicyclic amines) is 1. The van der Waals surface area contributed by atoms with E-state index < -0.39 is 17.3 Å². The molecule has 2 unspecified atom stereocenters. The Morgan fingerprint density at radius 2 is 2.02 bits per heavy atom. The molecule has 0 N–H and O–H groups in total. The first-order chi connectivity index (χ1) is 19.3. The SMILES string of the molecule is C=CC(=O)N1CCN(c2nc(=O)n3c4c(c(-c5ccc(F)cc5F)c(Cl)cc24)OCC3CCN2CCC2)C(C)C1. The number of carbonyl (C=O) groups is 1. The fourth-order valence-electron chi connectivity index (χ4n) is 5.97. The molecule has 11 heteroatoms. The molecule has 4 heterocycles. The van der Waals surface area contributed by atoms with Gasteiger partial charge in [0, 0.05) is 54.8 Å². The maximum absolute atomic E-state index is 15.0. The van der Waals surface area contributed by atoms with Crippen molar-refractivity contribution in [2.24, 2.45) is 0 Å². The molecule has 1 amide bonds. The van der Waals surface area contributed by atoms with Crippen LogP contribution in [0.5, 0.6) is 5.75 Å². The second kappa shape index (κ2) is 10.5. The second-order valence-corrected chi connectivity index (χ2v) is 11.1. The Morgan fingerprint density at radius 1 is 1.23 bits per heavy atom. The molecule has 40 heavy (non-hydrogen) atoms. The summed E-state index contributed by atoms with van der Waals surface area (Å²) < 4.78 is 36.7. The minimum absolute atomic E-state index is 0.0876. The van der Waals surface area contributed by atoms with Gasteiger partial charge in [0.15, 0.2) is 5.75 Å². The number of hydrogen-bond acceptors (Lipinski definition) is 6. The molecule has 210 valence electrons. The molecule has 0 radical (unpaired) electrons. The van der Waals surface area contributed by atoms with Crippen molar-refractivity contribution in [2.45, 2.75) is 31.8 Å². The number of carbonyl (C=O) groups excluding carboxylic acids is 1. The smallest absolute Gasteiger partial charge is 0.350 e. The van der Waals surface area contributed by atoms with Crippen LogP contribution in [0.2, 0.25) is 5.02 Å². The zero-order valence-electron chi connectivity index (χ0n) is 22.2. The van der Waals surface area contributed by atoms with Gasteiger partial charge < -0.3 is 19.4 Å². The number of benzene rings is 2. The number of ether oxygens (including phenoxy) is 1. The van der Waals surface area contributed by atoms with E-state index >= 15 is 4.39 Å². The zero-order chi connectivity index (χ0) is 28.1. The number of amides is 1. The highest BCUT2D eigenvalue weighted by Crippen LogP contribution is 2.47. The average Bonchev–Trinajstić information content (AvgIpc) is 2.90. The molecule has 2 fully saturated rings. The number of rotatable bonds is 6. The van der Waals surface area contributed by atoms with Gasteiger partial charge in [0.2, 0.25) is 5.91 Å². The predicted octanol–water partition coefficient (Wildman–Crippen LogP) is 4.25. The van der Waals surface area contributed by atoms with Gasteiger partial charge in [-0.3, -0.25) is 9.36 Å². The van der Waals surface area contributed by atoms with Crippen LogP contribution in [0.4, 0.5) is 14.6 Å². The van der Waals surface area contributed by atoms with E-state index in [1.807, 2.05) is 11.8 Å². The van der Waals surface area contributed by atoms with Gasteiger partial charge in [-0.2, -0.15) is 4.98 Å². The number of aromatic nitrogens is 2. The Bertz CT molecular complexity index is 1570. The Hall–Kier alpha value is -3.50. The van der Waals surface area contributed by atoms with Gasteiger partial charge in [-0.15, -0.1) is 0 Å². The Balaban J connectivity index is 1.52. The normalized spacial score (nSPS) is 20.8. The molecule has 0 aliphatic carbocycles. The minimum Gasteiger partial charge on any atom is -0.488 e. The molecule has 0 saturated carbocycles. The first-order valence-electron chi connectivity index (χ1n) is 13.5. The van der Waals surface area contributed by atoms with E-state index in [2.05, 4.69) is 16.5 Å². The summed E-state index contributed by atoms with van der Waals surface area (Å²) in [6.45, 7) is 9.96. The third-order valence-electron chi connectivity index (χ3n) is 8.20. The van der Waals surface area contributed by atoms with Crippen LogP contribution < -0.4 is 15.3 Å². The molecule has 1 aromatic heterocycles. The second-order valence-electron chi connectivity index (χ2n) is 10.7. The van der Waals surface area contributed by atoms with Crippen molar-refractivity contribution in [1.29, 1.82) is 0 Å². The van der Waals surface area contributed by atoms with Crippen molar-refractivity contribution in [3.8, 4) is 16.9 Å². The molecular formula is C29H30ClF2N5O3. The highest BCUT2D eigenvalue weighted by atomic mass is 35.5. The molecule has 3 aliphatic heterocycles. The topological polar surface area (TPSA) is 70.9 Å². The summed E-state index contributed by atoms with van der Waals surface area (Å²) in [6.07, 6.45) is 3.15. The van der Waals surface area contributed by atoms with Crippen LogP contribution in [0.15, 0.2) is 41.7 Å². The molecule has 0 spiro atoms. The van der Waals surface area contributed by atoms with Gasteiger partial charge >= 0.3 is 5.69 Å². The molecule has 2 saturated heterocycles. The van der Waals surface area contributed by atoms with Gasteiger partial charge in [-0.05, 0) is 57.1 Å². The zero-order valence-corrected chi connectivity index (χ0v) is 23.0. The van der Waals surface area contributed by atoms with Crippen LogP contribution in [-0.4, -0.2) is 77.2 Å². The number of piperazine rings is 1. The van der Waals surface area contributed by atoms with Gasteiger partial charge in [0.25, 0.3) is 0 Å². The first kappa shape index (κ1) is 26.7. The predicted molar refractivity (Wildman–Crippen MR) is 150 cm³/mol. The van der Waals surface area contributed by atoms with E-state index in [1.165, 1.54) is 24.6 Å². The maximum atomic E-state index is 15.0. The lowest BCUT2D eigenvalue weighted by molar-refractivity contribution is -0.126. The summed E-state index contributed by atoms with van der Waals surface area (Å²) in [6, 6.07) is 4.57. The van der Waals surface area contributed by atoms with E-state index in [4.69, 9.17) is 16.3 Å². The summed E-state index contributed by atoms with van der Waals surface area (Å²) >= 11 is 6.80. The van der Waals surface area contributed by atoms with Crippen LogP contribution in [0, 0.1) is 11.6 Å². The lowest BCUT2D eigenvalue weighted by Crippen LogP contribution is -2.54. The number of nitrogens with zero attached hydrogens (tertiary/aromatic N) is 5.